The predicted octanol–water partition coefficient (Wildman–Crippen LogP) is 1.82. The minimum absolute atomic E-state index is 0.0793. The highest BCUT2D eigenvalue weighted by Gasteiger charge is 2.28. The minimum Gasteiger partial charge on any atom is -0.390 e. The molecule has 0 aliphatic carbocycles. The van der Waals surface area contributed by atoms with Crippen molar-refractivity contribution in [3.8, 4) is 6.07 Å². The molecule has 1 aromatic carbocycles. The predicted molar refractivity (Wildman–Crippen MR) is 69.9 cm³/mol. The zero-order valence-corrected chi connectivity index (χ0v) is 10.7. The van der Waals surface area contributed by atoms with Gasteiger partial charge in [0.15, 0.2) is 0 Å². The smallest absolute Gasteiger partial charge is 0.270 e. The van der Waals surface area contributed by atoms with Crippen LogP contribution in [0.15, 0.2) is 18.2 Å². The molecule has 1 fully saturated rings. The van der Waals surface area contributed by atoms with Gasteiger partial charge in [-0.25, -0.2) is 0 Å². The van der Waals surface area contributed by atoms with Crippen molar-refractivity contribution in [1.82, 2.24) is 0 Å². The van der Waals surface area contributed by atoms with Crippen LogP contribution in [0.3, 0.4) is 0 Å². The molecule has 0 saturated carbocycles. The molecule has 1 aromatic rings. The van der Waals surface area contributed by atoms with E-state index in [-0.39, 0.29) is 5.69 Å². The van der Waals surface area contributed by atoms with Crippen molar-refractivity contribution in [1.29, 1.82) is 5.26 Å². The van der Waals surface area contributed by atoms with Crippen LogP contribution in [0.4, 0.5) is 11.4 Å². The van der Waals surface area contributed by atoms with E-state index < -0.39 is 10.5 Å². The first-order chi connectivity index (χ1) is 8.93. The van der Waals surface area contributed by atoms with Gasteiger partial charge in [-0.15, -0.1) is 0 Å². The van der Waals surface area contributed by atoms with Crippen molar-refractivity contribution in [2.75, 3.05) is 18.0 Å². The van der Waals surface area contributed by atoms with Gasteiger partial charge in [0, 0.05) is 25.2 Å². The molecule has 0 radical (unpaired) electrons. The summed E-state index contributed by atoms with van der Waals surface area (Å²) in [6, 6.07) is 6.31. The van der Waals surface area contributed by atoms with Crippen molar-refractivity contribution < 1.29 is 10.0 Å². The molecule has 0 atom stereocenters. The Morgan fingerprint density at radius 1 is 1.47 bits per heavy atom. The molecule has 1 aliphatic rings. The van der Waals surface area contributed by atoms with Gasteiger partial charge in [-0.1, -0.05) is 0 Å². The molecular formula is C13H15N3O3. The number of piperidine rings is 1. The average Bonchev–Trinajstić information content (AvgIpc) is 2.38. The summed E-state index contributed by atoms with van der Waals surface area (Å²) in [5.74, 6) is 0. The van der Waals surface area contributed by atoms with Gasteiger partial charge in [0.1, 0.15) is 6.07 Å². The van der Waals surface area contributed by atoms with Crippen LogP contribution in [0, 0.1) is 21.4 Å². The van der Waals surface area contributed by atoms with Crippen LogP contribution < -0.4 is 4.90 Å². The molecule has 0 aromatic heterocycles. The minimum atomic E-state index is -0.663. The molecule has 0 bridgehead atoms. The second kappa shape index (κ2) is 4.86. The van der Waals surface area contributed by atoms with Crippen LogP contribution in [-0.2, 0) is 0 Å². The Kier molecular flexibility index (Phi) is 3.40. The number of benzene rings is 1. The summed E-state index contributed by atoms with van der Waals surface area (Å²) in [5.41, 5.74) is 0.257. The van der Waals surface area contributed by atoms with Crippen LogP contribution in [0.25, 0.3) is 0 Å². The van der Waals surface area contributed by atoms with Gasteiger partial charge in [-0.05, 0) is 25.8 Å². The maximum absolute atomic E-state index is 10.7. The largest absolute Gasteiger partial charge is 0.390 e. The fourth-order valence-electron chi connectivity index (χ4n) is 2.23. The Morgan fingerprint density at radius 3 is 2.63 bits per heavy atom. The number of anilines is 1. The van der Waals surface area contributed by atoms with E-state index >= 15 is 0 Å². The fourth-order valence-corrected chi connectivity index (χ4v) is 2.23. The molecule has 100 valence electrons. The molecule has 1 N–H and O–H groups in total. The fraction of sp³-hybridized carbons (Fsp3) is 0.462. The Hall–Kier alpha value is -2.13. The summed E-state index contributed by atoms with van der Waals surface area (Å²) in [4.78, 5) is 12.2. The number of non-ortho nitro benzene ring substituents is 1. The molecule has 1 heterocycles. The van der Waals surface area contributed by atoms with E-state index in [0.717, 1.165) is 0 Å². The molecular weight excluding hydrogens is 246 g/mol. The Labute approximate surface area is 111 Å². The summed E-state index contributed by atoms with van der Waals surface area (Å²) in [6.45, 7) is 3.07. The Morgan fingerprint density at radius 2 is 2.11 bits per heavy atom. The highest BCUT2D eigenvalue weighted by molar-refractivity contribution is 5.63. The second-order valence-corrected chi connectivity index (χ2v) is 5.05. The average molecular weight is 261 g/mol. The van der Waals surface area contributed by atoms with Crippen molar-refractivity contribution in [3.63, 3.8) is 0 Å². The van der Waals surface area contributed by atoms with Crippen LogP contribution in [0.2, 0.25) is 0 Å². The molecule has 0 spiro atoms. The van der Waals surface area contributed by atoms with Gasteiger partial charge >= 0.3 is 0 Å². The monoisotopic (exact) mass is 261 g/mol. The Bertz CT molecular complexity index is 539. The summed E-state index contributed by atoms with van der Waals surface area (Å²) in [6.07, 6.45) is 1.24. The molecule has 1 saturated heterocycles. The highest BCUT2D eigenvalue weighted by Crippen LogP contribution is 2.30. The lowest BCUT2D eigenvalue weighted by Crippen LogP contribution is -2.42. The maximum atomic E-state index is 10.7. The zero-order chi connectivity index (χ0) is 14.0. The van der Waals surface area contributed by atoms with Crippen molar-refractivity contribution in [2.45, 2.75) is 25.4 Å². The van der Waals surface area contributed by atoms with E-state index in [9.17, 15) is 15.2 Å². The third-order valence-corrected chi connectivity index (χ3v) is 3.49. The number of hydrogen-bond donors (Lipinski definition) is 1. The van der Waals surface area contributed by atoms with Gasteiger partial charge in [-0.3, -0.25) is 10.1 Å². The molecule has 0 unspecified atom stereocenters. The summed E-state index contributed by atoms with van der Waals surface area (Å²) < 4.78 is 0. The normalized spacial score (nSPS) is 17.8. The number of nitro groups is 1. The van der Waals surface area contributed by atoms with E-state index in [0.29, 0.717) is 37.2 Å². The summed E-state index contributed by atoms with van der Waals surface area (Å²) in [5, 5.41) is 29.7. The number of nitro benzene ring substituents is 1. The van der Waals surface area contributed by atoms with Gasteiger partial charge in [0.2, 0.25) is 0 Å². The third-order valence-electron chi connectivity index (χ3n) is 3.49. The lowest BCUT2D eigenvalue weighted by atomic mass is 9.93. The second-order valence-electron chi connectivity index (χ2n) is 5.05. The lowest BCUT2D eigenvalue weighted by Gasteiger charge is -2.37. The quantitative estimate of drug-likeness (QED) is 0.647. The SMILES string of the molecule is CC1(O)CCN(c2ccc([N+](=O)[O-])cc2C#N)CC1. The first-order valence-electron chi connectivity index (χ1n) is 6.09. The van der Waals surface area contributed by atoms with Crippen LogP contribution in [0.5, 0.6) is 0 Å². The van der Waals surface area contributed by atoms with Gasteiger partial charge < -0.3 is 10.0 Å². The topological polar surface area (TPSA) is 90.4 Å². The number of nitrogens with zero attached hydrogens (tertiary/aromatic N) is 3. The molecule has 1 aliphatic heterocycles. The number of aliphatic hydroxyl groups is 1. The van der Waals surface area contributed by atoms with E-state index in [1.54, 1.807) is 13.0 Å². The van der Waals surface area contributed by atoms with Gasteiger partial charge in [0.05, 0.1) is 21.8 Å². The van der Waals surface area contributed by atoms with E-state index in [1.807, 2.05) is 11.0 Å². The molecule has 19 heavy (non-hydrogen) atoms. The van der Waals surface area contributed by atoms with E-state index in [2.05, 4.69) is 0 Å². The number of nitriles is 1. The van der Waals surface area contributed by atoms with E-state index in [4.69, 9.17) is 5.26 Å². The Balaban J connectivity index is 2.26. The maximum Gasteiger partial charge on any atom is 0.270 e. The van der Waals surface area contributed by atoms with Crippen LogP contribution in [0.1, 0.15) is 25.3 Å². The summed E-state index contributed by atoms with van der Waals surface area (Å²) >= 11 is 0. The molecule has 2 rings (SSSR count). The zero-order valence-electron chi connectivity index (χ0n) is 10.7. The van der Waals surface area contributed by atoms with E-state index in [1.165, 1.54) is 12.1 Å². The summed E-state index contributed by atoms with van der Waals surface area (Å²) in [7, 11) is 0. The first kappa shape index (κ1) is 13.3. The number of hydrogen-bond acceptors (Lipinski definition) is 5. The third kappa shape index (κ3) is 2.83. The number of rotatable bonds is 2. The van der Waals surface area contributed by atoms with Crippen LogP contribution >= 0.6 is 0 Å². The first-order valence-corrected chi connectivity index (χ1v) is 6.09. The van der Waals surface area contributed by atoms with Crippen molar-refractivity contribution in [2.24, 2.45) is 0 Å². The standard InChI is InChI=1S/C13H15N3O3/c1-13(17)4-6-15(7-5-13)12-3-2-11(16(18)19)8-10(12)9-14/h2-3,8,17H,4-7H2,1H3. The molecule has 6 heteroatoms. The highest BCUT2D eigenvalue weighted by atomic mass is 16.6. The van der Waals surface area contributed by atoms with Crippen molar-refractivity contribution >= 4 is 11.4 Å². The van der Waals surface area contributed by atoms with Gasteiger partial charge in [-0.2, -0.15) is 5.26 Å². The van der Waals surface area contributed by atoms with Crippen molar-refractivity contribution in [3.05, 3.63) is 33.9 Å². The molecule has 6 nitrogen and oxygen atoms in total. The molecule has 0 amide bonds. The van der Waals surface area contributed by atoms with Gasteiger partial charge in [0.25, 0.3) is 5.69 Å². The lowest BCUT2D eigenvalue weighted by molar-refractivity contribution is -0.384. The van der Waals surface area contributed by atoms with Crippen LogP contribution in [-0.4, -0.2) is 28.7 Å².